The standard InChI is InChI=1S/C21H24N4O4S/c1-16-4-6-17(7-5-16)14-23-24-20(26)15-22-21(27)18-8-10-19(11-9-18)30(28,29)25-12-2-3-13-25/h4-11,14H,2-3,12-13,15H2,1H3,(H,22,27)(H,24,26)/b23-14+. The van der Waals surface area contributed by atoms with Crippen molar-refractivity contribution in [1.29, 1.82) is 0 Å². The average molecular weight is 429 g/mol. The van der Waals surface area contributed by atoms with Gasteiger partial charge >= 0.3 is 0 Å². The van der Waals surface area contributed by atoms with E-state index in [4.69, 9.17) is 0 Å². The Balaban J connectivity index is 1.49. The molecule has 0 radical (unpaired) electrons. The topological polar surface area (TPSA) is 108 Å². The highest BCUT2D eigenvalue weighted by Gasteiger charge is 2.27. The van der Waals surface area contributed by atoms with Crippen molar-refractivity contribution < 1.29 is 18.0 Å². The first-order valence-corrected chi connectivity index (χ1v) is 11.1. The Hall–Kier alpha value is -3.04. The van der Waals surface area contributed by atoms with Crippen LogP contribution in [0.3, 0.4) is 0 Å². The monoisotopic (exact) mass is 428 g/mol. The Morgan fingerprint density at radius 2 is 1.67 bits per heavy atom. The molecule has 0 bridgehead atoms. The van der Waals surface area contributed by atoms with Crippen LogP contribution in [0.5, 0.6) is 0 Å². The molecule has 1 heterocycles. The third kappa shape index (κ3) is 5.52. The number of carbonyl (C=O) groups excluding carboxylic acids is 2. The van der Waals surface area contributed by atoms with Crippen LogP contribution in [0.4, 0.5) is 0 Å². The van der Waals surface area contributed by atoms with Crippen LogP contribution in [-0.2, 0) is 14.8 Å². The molecule has 2 aromatic rings. The molecule has 8 nitrogen and oxygen atoms in total. The highest BCUT2D eigenvalue weighted by atomic mass is 32.2. The molecule has 0 aliphatic carbocycles. The van der Waals surface area contributed by atoms with Crippen LogP contribution >= 0.6 is 0 Å². The minimum atomic E-state index is -3.52. The fourth-order valence-corrected chi connectivity index (χ4v) is 4.51. The number of aryl methyl sites for hydroxylation is 1. The Bertz CT molecular complexity index is 1030. The molecule has 0 spiro atoms. The van der Waals surface area contributed by atoms with Gasteiger partial charge in [-0.3, -0.25) is 9.59 Å². The van der Waals surface area contributed by atoms with Gasteiger partial charge in [0.1, 0.15) is 0 Å². The Labute approximate surface area is 176 Å². The van der Waals surface area contributed by atoms with Crippen molar-refractivity contribution in [3.8, 4) is 0 Å². The number of sulfonamides is 1. The summed E-state index contributed by atoms with van der Waals surface area (Å²) >= 11 is 0. The second-order valence-corrected chi connectivity index (χ2v) is 8.96. The van der Waals surface area contributed by atoms with E-state index in [0.717, 1.165) is 24.0 Å². The van der Waals surface area contributed by atoms with Gasteiger partial charge in [0, 0.05) is 18.7 Å². The molecular weight excluding hydrogens is 404 g/mol. The molecule has 3 rings (SSSR count). The van der Waals surface area contributed by atoms with Crippen molar-refractivity contribution in [3.63, 3.8) is 0 Å². The number of benzene rings is 2. The van der Waals surface area contributed by atoms with E-state index in [9.17, 15) is 18.0 Å². The molecule has 2 N–H and O–H groups in total. The Morgan fingerprint density at radius 3 is 2.30 bits per heavy atom. The van der Waals surface area contributed by atoms with Gasteiger partial charge in [0.05, 0.1) is 17.7 Å². The minimum absolute atomic E-state index is 0.157. The third-order valence-electron chi connectivity index (χ3n) is 4.71. The molecule has 158 valence electrons. The van der Waals surface area contributed by atoms with Gasteiger partial charge in [-0.15, -0.1) is 0 Å². The normalized spacial score (nSPS) is 14.7. The van der Waals surface area contributed by atoms with E-state index in [1.165, 1.54) is 34.8 Å². The molecule has 0 aromatic heterocycles. The number of rotatable bonds is 7. The summed E-state index contributed by atoms with van der Waals surface area (Å²) in [7, 11) is -3.52. The van der Waals surface area contributed by atoms with Gasteiger partial charge in [-0.05, 0) is 49.6 Å². The summed E-state index contributed by atoms with van der Waals surface area (Å²) in [5.41, 5.74) is 4.58. The maximum Gasteiger partial charge on any atom is 0.259 e. The maximum absolute atomic E-state index is 12.5. The number of nitrogens with one attached hydrogen (secondary N) is 2. The smallest absolute Gasteiger partial charge is 0.259 e. The lowest BCUT2D eigenvalue weighted by atomic mass is 10.2. The van der Waals surface area contributed by atoms with Crippen LogP contribution in [0.15, 0.2) is 58.5 Å². The Kier molecular flexibility index (Phi) is 6.96. The molecule has 1 aliphatic rings. The highest BCUT2D eigenvalue weighted by Crippen LogP contribution is 2.21. The zero-order valence-corrected chi connectivity index (χ0v) is 17.5. The second kappa shape index (κ2) is 9.64. The number of carbonyl (C=O) groups is 2. The molecular formula is C21H24N4O4S. The van der Waals surface area contributed by atoms with Crippen molar-refractivity contribution >= 4 is 28.1 Å². The fraction of sp³-hybridized carbons (Fsp3) is 0.286. The predicted molar refractivity (Wildman–Crippen MR) is 114 cm³/mol. The molecule has 2 aromatic carbocycles. The summed E-state index contributed by atoms with van der Waals surface area (Å²) in [5.74, 6) is -0.947. The number of hydrogen-bond acceptors (Lipinski definition) is 5. The van der Waals surface area contributed by atoms with Crippen LogP contribution in [0.1, 0.15) is 34.3 Å². The van der Waals surface area contributed by atoms with Gasteiger partial charge < -0.3 is 5.32 Å². The molecule has 0 saturated carbocycles. The molecule has 9 heteroatoms. The predicted octanol–water partition coefficient (Wildman–Crippen LogP) is 1.66. The first-order chi connectivity index (χ1) is 14.4. The van der Waals surface area contributed by atoms with E-state index in [0.29, 0.717) is 13.1 Å². The molecule has 30 heavy (non-hydrogen) atoms. The quantitative estimate of drug-likeness (QED) is 0.516. The van der Waals surface area contributed by atoms with Crippen molar-refractivity contribution in [1.82, 2.24) is 15.0 Å². The van der Waals surface area contributed by atoms with Crippen LogP contribution in [0.2, 0.25) is 0 Å². The molecule has 1 fully saturated rings. The van der Waals surface area contributed by atoms with Crippen molar-refractivity contribution in [2.24, 2.45) is 5.10 Å². The first kappa shape index (κ1) is 21.7. The molecule has 1 saturated heterocycles. The SMILES string of the molecule is Cc1ccc(/C=N/NC(=O)CNC(=O)c2ccc(S(=O)(=O)N3CCCC3)cc2)cc1. The zero-order valence-electron chi connectivity index (χ0n) is 16.7. The summed E-state index contributed by atoms with van der Waals surface area (Å²) in [4.78, 5) is 24.2. The summed E-state index contributed by atoms with van der Waals surface area (Å²) in [5, 5.41) is 6.33. The lowest BCUT2D eigenvalue weighted by molar-refractivity contribution is -0.120. The van der Waals surface area contributed by atoms with Crippen LogP contribution in [0.25, 0.3) is 0 Å². The van der Waals surface area contributed by atoms with Gasteiger partial charge in [-0.1, -0.05) is 29.8 Å². The zero-order chi connectivity index (χ0) is 21.6. The largest absolute Gasteiger partial charge is 0.343 e. The lowest BCUT2D eigenvalue weighted by Gasteiger charge is -2.15. The number of hydrazone groups is 1. The van der Waals surface area contributed by atoms with Crippen molar-refractivity contribution in [2.45, 2.75) is 24.7 Å². The van der Waals surface area contributed by atoms with E-state index < -0.39 is 21.8 Å². The molecule has 0 unspecified atom stereocenters. The third-order valence-corrected chi connectivity index (χ3v) is 6.62. The number of hydrogen-bond donors (Lipinski definition) is 2. The second-order valence-electron chi connectivity index (χ2n) is 7.02. The molecule has 1 aliphatic heterocycles. The van der Waals surface area contributed by atoms with E-state index >= 15 is 0 Å². The van der Waals surface area contributed by atoms with Gasteiger partial charge in [0.25, 0.3) is 11.8 Å². The van der Waals surface area contributed by atoms with Crippen molar-refractivity contribution in [2.75, 3.05) is 19.6 Å². The molecule has 2 amide bonds. The van der Waals surface area contributed by atoms with Gasteiger partial charge in [0.2, 0.25) is 10.0 Å². The average Bonchev–Trinajstić information content (AvgIpc) is 3.29. The van der Waals surface area contributed by atoms with E-state index in [1.807, 2.05) is 31.2 Å². The van der Waals surface area contributed by atoms with Crippen LogP contribution < -0.4 is 10.7 Å². The fourth-order valence-electron chi connectivity index (χ4n) is 2.99. The summed E-state index contributed by atoms with van der Waals surface area (Å²) in [6, 6.07) is 13.3. The van der Waals surface area contributed by atoms with Crippen LogP contribution in [-0.4, -0.2) is 50.4 Å². The number of nitrogens with zero attached hydrogens (tertiary/aromatic N) is 2. The van der Waals surface area contributed by atoms with E-state index in [-0.39, 0.29) is 17.0 Å². The summed E-state index contributed by atoms with van der Waals surface area (Å²) in [6.07, 6.45) is 3.23. The van der Waals surface area contributed by atoms with Gasteiger partial charge in [-0.25, -0.2) is 13.8 Å². The summed E-state index contributed by atoms with van der Waals surface area (Å²) in [6.45, 7) is 2.77. The van der Waals surface area contributed by atoms with Crippen LogP contribution in [0, 0.1) is 6.92 Å². The Morgan fingerprint density at radius 1 is 1.03 bits per heavy atom. The summed E-state index contributed by atoms with van der Waals surface area (Å²) < 4.78 is 26.5. The van der Waals surface area contributed by atoms with Crippen molar-refractivity contribution in [3.05, 3.63) is 65.2 Å². The maximum atomic E-state index is 12.5. The van der Waals surface area contributed by atoms with Gasteiger partial charge in [-0.2, -0.15) is 9.41 Å². The molecule has 0 atom stereocenters. The first-order valence-electron chi connectivity index (χ1n) is 9.63. The van der Waals surface area contributed by atoms with E-state index in [2.05, 4.69) is 15.8 Å². The van der Waals surface area contributed by atoms with E-state index in [1.54, 1.807) is 0 Å². The highest BCUT2D eigenvalue weighted by molar-refractivity contribution is 7.89. The van der Waals surface area contributed by atoms with Gasteiger partial charge in [0.15, 0.2) is 0 Å². The number of amides is 2. The lowest BCUT2D eigenvalue weighted by Crippen LogP contribution is -2.35. The minimum Gasteiger partial charge on any atom is -0.343 e.